The smallest absolute Gasteiger partial charge is 0.238 e. The predicted molar refractivity (Wildman–Crippen MR) is 80.9 cm³/mol. The molecule has 1 heterocycles. The van der Waals surface area contributed by atoms with Gasteiger partial charge in [-0.3, -0.25) is 4.79 Å². The molecule has 1 saturated heterocycles. The van der Waals surface area contributed by atoms with Crippen LogP contribution in [0.3, 0.4) is 0 Å². The normalized spacial score (nSPS) is 17.0. The fourth-order valence-corrected chi connectivity index (χ4v) is 3.19. The number of likely N-dealkylation sites (tertiary alicyclic amines) is 1. The van der Waals surface area contributed by atoms with Crippen molar-refractivity contribution in [3.8, 4) is 0 Å². The quantitative estimate of drug-likeness (QED) is 0.806. The van der Waals surface area contributed by atoms with Crippen LogP contribution in [0.15, 0.2) is 60.7 Å². The highest BCUT2D eigenvalue weighted by Gasteiger charge is 2.48. The van der Waals surface area contributed by atoms with Crippen molar-refractivity contribution in [2.24, 2.45) is 0 Å². The Balaban J connectivity index is 2.14. The summed E-state index contributed by atoms with van der Waals surface area (Å²) >= 11 is 0. The van der Waals surface area contributed by atoms with E-state index in [2.05, 4.69) is 0 Å². The molecular formula is C18H17NO2. The standard InChI is InChI=1S/C18H17NO2/c20-14-13-19-12-11-18(17(19)21,15-7-3-1-4-8-15)16-9-5-2-6-10-16/h1-10,14H,11-13H2. The van der Waals surface area contributed by atoms with Crippen LogP contribution in [0.25, 0.3) is 0 Å². The first kappa shape index (κ1) is 13.6. The first-order valence-corrected chi connectivity index (χ1v) is 7.13. The summed E-state index contributed by atoms with van der Waals surface area (Å²) in [6.45, 7) is 0.779. The van der Waals surface area contributed by atoms with Gasteiger partial charge in [-0.05, 0) is 17.5 Å². The first-order valence-electron chi connectivity index (χ1n) is 7.13. The van der Waals surface area contributed by atoms with Gasteiger partial charge in [0.1, 0.15) is 11.7 Å². The minimum absolute atomic E-state index is 0.0204. The van der Waals surface area contributed by atoms with Crippen molar-refractivity contribution in [2.75, 3.05) is 13.1 Å². The molecule has 2 aromatic rings. The van der Waals surface area contributed by atoms with Crippen LogP contribution in [0.2, 0.25) is 0 Å². The molecule has 1 amide bonds. The summed E-state index contributed by atoms with van der Waals surface area (Å²) in [5.41, 5.74) is 1.33. The molecule has 106 valence electrons. The number of amides is 1. The molecule has 0 atom stereocenters. The summed E-state index contributed by atoms with van der Waals surface area (Å²) in [5, 5.41) is 0. The van der Waals surface area contributed by atoms with Gasteiger partial charge in [0.25, 0.3) is 0 Å². The number of carbonyl (C=O) groups is 2. The maximum Gasteiger partial charge on any atom is 0.238 e. The number of rotatable bonds is 4. The third kappa shape index (κ3) is 2.15. The zero-order valence-corrected chi connectivity index (χ0v) is 11.7. The summed E-state index contributed by atoms with van der Waals surface area (Å²) in [4.78, 5) is 25.4. The van der Waals surface area contributed by atoms with Gasteiger partial charge in [-0.25, -0.2) is 0 Å². The topological polar surface area (TPSA) is 37.4 Å². The van der Waals surface area contributed by atoms with Gasteiger partial charge < -0.3 is 9.69 Å². The van der Waals surface area contributed by atoms with Gasteiger partial charge in [-0.15, -0.1) is 0 Å². The molecule has 0 saturated carbocycles. The van der Waals surface area contributed by atoms with Gasteiger partial charge >= 0.3 is 0 Å². The highest BCUT2D eigenvalue weighted by Crippen LogP contribution is 2.41. The van der Waals surface area contributed by atoms with E-state index in [-0.39, 0.29) is 12.5 Å². The molecule has 1 fully saturated rings. The van der Waals surface area contributed by atoms with E-state index in [1.54, 1.807) is 4.90 Å². The van der Waals surface area contributed by atoms with Crippen molar-refractivity contribution in [1.82, 2.24) is 4.90 Å². The van der Waals surface area contributed by atoms with Crippen LogP contribution >= 0.6 is 0 Å². The molecule has 0 unspecified atom stereocenters. The Morgan fingerprint density at radius 1 is 0.952 bits per heavy atom. The number of nitrogens with zero attached hydrogens (tertiary/aromatic N) is 1. The van der Waals surface area contributed by atoms with Crippen LogP contribution in [-0.4, -0.2) is 30.2 Å². The molecule has 1 aliphatic rings. The lowest BCUT2D eigenvalue weighted by atomic mass is 9.73. The van der Waals surface area contributed by atoms with Crippen LogP contribution in [0.4, 0.5) is 0 Å². The van der Waals surface area contributed by atoms with Crippen LogP contribution in [0.5, 0.6) is 0 Å². The highest BCUT2D eigenvalue weighted by molar-refractivity contribution is 5.95. The molecule has 0 aromatic heterocycles. The Morgan fingerprint density at radius 3 is 1.95 bits per heavy atom. The van der Waals surface area contributed by atoms with Gasteiger partial charge in [0, 0.05) is 6.54 Å². The van der Waals surface area contributed by atoms with Crippen molar-refractivity contribution in [3.63, 3.8) is 0 Å². The van der Waals surface area contributed by atoms with Gasteiger partial charge in [-0.2, -0.15) is 0 Å². The molecule has 0 bridgehead atoms. The second-order valence-electron chi connectivity index (χ2n) is 5.31. The summed E-state index contributed by atoms with van der Waals surface area (Å²) in [6.07, 6.45) is 1.50. The van der Waals surface area contributed by atoms with Gasteiger partial charge in [-0.1, -0.05) is 60.7 Å². The number of benzene rings is 2. The largest absolute Gasteiger partial charge is 0.335 e. The second-order valence-corrected chi connectivity index (χ2v) is 5.31. The van der Waals surface area contributed by atoms with Crippen LogP contribution < -0.4 is 0 Å². The fourth-order valence-electron chi connectivity index (χ4n) is 3.19. The average Bonchev–Trinajstić information content (AvgIpc) is 2.88. The fraction of sp³-hybridized carbons (Fsp3) is 0.222. The number of hydrogen-bond donors (Lipinski definition) is 0. The van der Waals surface area contributed by atoms with Gasteiger partial charge in [0.05, 0.1) is 6.54 Å². The molecule has 0 aliphatic carbocycles. The predicted octanol–water partition coefficient (Wildman–Crippen LogP) is 2.40. The molecular weight excluding hydrogens is 262 g/mol. The number of carbonyl (C=O) groups excluding carboxylic acids is 2. The van der Waals surface area contributed by atoms with E-state index in [4.69, 9.17) is 0 Å². The SMILES string of the molecule is O=CCN1CCC(c2ccccc2)(c2ccccc2)C1=O. The average molecular weight is 279 g/mol. The molecule has 21 heavy (non-hydrogen) atoms. The van der Waals surface area contributed by atoms with E-state index in [9.17, 15) is 9.59 Å². The van der Waals surface area contributed by atoms with Crippen molar-refractivity contribution < 1.29 is 9.59 Å². The lowest BCUT2D eigenvalue weighted by Gasteiger charge is -2.28. The van der Waals surface area contributed by atoms with E-state index < -0.39 is 5.41 Å². The van der Waals surface area contributed by atoms with E-state index >= 15 is 0 Å². The van der Waals surface area contributed by atoms with Gasteiger partial charge in [0.15, 0.2) is 0 Å². The maximum absolute atomic E-state index is 13.0. The summed E-state index contributed by atoms with van der Waals surface area (Å²) in [5.74, 6) is 0.0204. The van der Waals surface area contributed by atoms with Gasteiger partial charge in [0.2, 0.25) is 5.91 Å². The third-order valence-corrected chi connectivity index (χ3v) is 4.24. The zero-order chi connectivity index (χ0) is 14.7. The van der Waals surface area contributed by atoms with Crippen LogP contribution in [0.1, 0.15) is 17.5 Å². The lowest BCUT2D eigenvalue weighted by Crippen LogP contribution is -2.39. The van der Waals surface area contributed by atoms with Crippen molar-refractivity contribution >= 4 is 12.2 Å². The minimum Gasteiger partial charge on any atom is -0.335 e. The van der Waals surface area contributed by atoms with E-state index in [1.807, 2.05) is 60.7 Å². The van der Waals surface area contributed by atoms with Crippen molar-refractivity contribution in [3.05, 3.63) is 71.8 Å². The lowest BCUT2D eigenvalue weighted by molar-refractivity contribution is -0.132. The third-order valence-electron chi connectivity index (χ3n) is 4.24. The molecule has 0 N–H and O–H groups in total. The number of aldehydes is 1. The first-order chi connectivity index (χ1) is 10.3. The maximum atomic E-state index is 13.0. The molecule has 0 radical (unpaired) electrons. The van der Waals surface area contributed by atoms with Crippen molar-refractivity contribution in [1.29, 1.82) is 0 Å². The monoisotopic (exact) mass is 279 g/mol. The Bertz CT molecular complexity index is 597. The summed E-state index contributed by atoms with van der Waals surface area (Å²) in [6, 6.07) is 19.7. The number of hydrogen-bond acceptors (Lipinski definition) is 2. The molecule has 1 aliphatic heterocycles. The van der Waals surface area contributed by atoms with Crippen LogP contribution in [-0.2, 0) is 15.0 Å². The highest BCUT2D eigenvalue weighted by atomic mass is 16.2. The minimum atomic E-state index is -0.661. The Kier molecular flexibility index (Phi) is 3.57. The van der Waals surface area contributed by atoms with E-state index in [0.717, 1.165) is 17.4 Å². The molecule has 2 aromatic carbocycles. The Hall–Kier alpha value is -2.42. The van der Waals surface area contributed by atoms with Crippen LogP contribution in [0, 0.1) is 0 Å². The molecule has 3 rings (SSSR count). The molecule has 3 heteroatoms. The molecule has 3 nitrogen and oxygen atoms in total. The van der Waals surface area contributed by atoms with E-state index in [0.29, 0.717) is 13.0 Å². The second kappa shape index (κ2) is 5.52. The summed E-state index contributed by atoms with van der Waals surface area (Å²) < 4.78 is 0. The molecule has 0 spiro atoms. The zero-order valence-electron chi connectivity index (χ0n) is 11.7. The Morgan fingerprint density at radius 2 is 1.48 bits per heavy atom. The summed E-state index contributed by atoms with van der Waals surface area (Å²) in [7, 11) is 0. The van der Waals surface area contributed by atoms with E-state index in [1.165, 1.54) is 0 Å². The van der Waals surface area contributed by atoms with Crippen molar-refractivity contribution in [2.45, 2.75) is 11.8 Å². The Labute approximate surface area is 124 Å².